The molecule has 1 aliphatic rings. The van der Waals surface area contributed by atoms with Crippen LogP contribution in [0.15, 0.2) is 47.1 Å². The molecule has 0 amide bonds. The van der Waals surface area contributed by atoms with E-state index in [2.05, 4.69) is 20.2 Å². The molecular weight excluding hydrogens is 342 g/mol. The van der Waals surface area contributed by atoms with Crippen molar-refractivity contribution >= 4 is 0 Å². The zero-order valence-corrected chi connectivity index (χ0v) is 14.4. The molecule has 1 aliphatic carbocycles. The zero-order chi connectivity index (χ0) is 18.6. The summed E-state index contributed by atoms with van der Waals surface area (Å²) in [6, 6.07) is 10.1. The number of aromatic nitrogens is 4. The van der Waals surface area contributed by atoms with E-state index in [1.54, 1.807) is 0 Å². The Morgan fingerprint density at radius 2 is 1.69 bits per heavy atom. The second-order valence-electron chi connectivity index (χ2n) is 5.46. The maximum absolute atomic E-state index is 12.5. The van der Waals surface area contributed by atoms with E-state index in [0.29, 0.717) is 5.56 Å². The minimum absolute atomic E-state index is 0.0546. The fraction of sp³-hybridized carbons (Fsp3) is 0.333. The topological polar surface area (TPSA) is 73.9 Å². The lowest BCUT2D eigenvalue weighted by molar-refractivity contribution is 0.116. The molecule has 0 N–H and O–H groups in total. The summed E-state index contributed by atoms with van der Waals surface area (Å²) in [5, 5.41) is 6.82. The second-order valence-corrected chi connectivity index (χ2v) is 5.46. The standard InChI is InChI=1S/C16H12F2N4O2.C2H6/c17-12(18)14-22-21-13(23-14)10-8-19-15(20-9-10)24-16(6-7-16)11-4-2-1-3-5-11;1-2/h1-5,8-9,12H,6-7H2;1-2H3. The van der Waals surface area contributed by atoms with E-state index in [1.165, 1.54) is 12.4 Å². The quantitative estimate of drug-likeness (QED) is 0.664. The van der Waals surface area contributed by atoms with E-state index in [4.69, 9.17) is 9.15 Å². The Hall–Kier alpha value is -2.90. The van der Waals surface area contributed by atoms with Crippen LogP contribution in [0.1, 0.15) is 44.6 Å². The number of hydrogen-bond acceptors (Lipinski definition) is 6. The van der Waals surface area contributed by atoms with Crippen LogP contribution in [0.4, 0.5) is 8.78 Å². The van der Waals surface area contributed by atoms with Gasteiger partial charge in [0.05, 0.1) is 5.56 Å². The van der Waals surface area contributed by atoms with Crippen LogP contribution in [0.25, 0.3) is 11.5 Å². The lowest BCUT2D eigenvalue weighted by Gasteiger charge is -2.16. The van der Waals surface area contributed by atoms with Crippen LogP contribution in [0.5, 0.6) is 6.01 Å². The molecule has 0 bridgehead atoms. The highest BCUT2D eigenvalue weighted by Crippen LogP contribution is 2.48. The van der Waals surface area contributed by atoms with E-state index < -0.39 is 12.3 Å². The number of rotatable bonds is 5. The van der Waals surface area contributed by atoms with Crippen LogP contribution in [0.3, 0.4) is 0 Å². The van der Waals surface area contributed by atoms with Gasteiger partial charge in [0.25, 0.3) is 11.8 Å². The second kappa shape index (κ2) is 7.55. The van der Waals surface area contributed by atoms with Gasteiger partial charge in [-0.25, -0.2) is 9.97 Å². The predicted molar refractivity (Wildman–Crippen MR) is 89.6 cm³/mol. The summed E-state index contributed by atoms with van der Waals surface area (Å²) in [5.74, 6) is -0.785. The Kier molecular flexibility index (Phi) is 5.20. The van der Waals surface area contributed by atoms with Crippen molar-refractivity contribution in [2.75, 3.05) is 0 Å². The number of alkyl halides is 2. The van der Waals surface area contributed by atoms with Gasteiger partial charge >= 0.3 is 12.4 Å². The minimum Gasteiger partial charge on any atom is -0.452 e. The minimum atomic E-state index is -2.81. The van der Waals surface area contributed by atoms with Crippen LogP contribution < -0.4 is 4.74 Å². The smallest absolute Gasteiger partial charge is 0.317 e. The van der Waals surface area contributed by atoms with E-state index in [0.717, 1.165) is 18.4 Å². The highest BCUT2D eigenvalue weighted by molar-refractivity contribution is 5.49. The SMILES string of the molecule is CC.FC(F)c1nnc(-c2cnc(OC3(c4ccccc4)CC3)nc2)o1. The fourth-order valence-electron chi connectivity index (χ4n) is 2.40. The molecular formula is C18H18F2N4O2. The van der Waals surface area contributed by atoms with Crippen molar-refractivity contribution in [1.29, 1.82) is 0 Å². The first-order chi connectivity index (χ1) is 12.7. The fourth-order valence-corrected chi connectivity index (χ4v) is 2.40. The van der Waals surface area contributed by atoms with Crippen LogP contribution in [-0.2, 0) is 5.60 Å². The first-order valence-electron chi connectivity index (χ1n) is 8.35. The largest absolute Gasteiger partial charge is 0.452 e. The van der Waals surface area contributed by atoms with E-state index in [-0.39, 0.29) is 17.5 Å². The normalized spacial score (nSPS) is 14.5. The Bertz CT molecular complexity index is 834. The summed E-state index contributed by atoms with van der Waals surface area (Å²) in [6.45, 7) is 4.00. The molecule has 0 saturated heterocycles. The monoisotopic (exact) mass is 360 g/mol. The van der Waals surface area contributed by atoms with Gasteiger partial charge in [-0.15, -0.1) is 10.2 Å². The molecule has 0 aliphatic heterocycles. The number of benzene rings is 1. The third-order valence-corrected chi connectivity index (χ3v) is 3.79. The van der Waals surface area contributed by atoms with Crippen LogP contribution in [0, 0.1) is 0 Å². The Morgan fingerprint density at radius 3 is 2.23 bits per heavy atom. The average molecular weight is 360 g/mol. The number of ether oxygens (including phenoxy) is 1. The molecule has 6 nitrogen and oxygen atoms in total. The Labute approximate surface area is 149 Å². The van der Waals surface area contributed by atoms with E-state index in [9.17, 15) is 8.78 Å². The lowest BCUT2D eigenvalue weighted by Crippen LogP contribution is -2.16. The van der Waals surface area contributed by atoms with Crippen molar-refractivity contribution in [3.8, 4) is 17.5 Å². The van der Waals surface area contributed by atoms with Gasteiger partial charge in [-0.2, -0.15) is 8.78 Å². The third kappa shape index (κ3) is 3.68. The van der Waals surface area contributed by atoms with E-state index >= 15 is 0 Å². The number of hydrogen-bond donors (Lipinski definition) is 0. The molecule has 1 fully saturated rings. The van der Waals surface area contributed by atoms with Crippen molar-refractivity contribution in [3.05, 3.63) is 54.2 Å². The summed E-state index contributed by atoms with van der Waals surface area (Å²) in [4.78, 5) is 8.22. The summed E-state index contributed by atoms with van der Waals surface area (Å²) in [5.41, 5.74) is 1.05. The molecule has 0 unspecified atom stereocenters. The molecule has 1 saturated carbocycles. The van der Waals surface area contributed by atoms with E-state index in [1.807, 2.05) is 44.2 Å². The van der Waals surface area contributed by atoms with Crippen molar-refractivity contribution in [2.45, 2.75) is 38.7 Å². The van der Waals surface area contributed by atoms with Crippen LogP contribution in [-0.4, -0.2) is 20.2 Å². The van der Waals surface area contributed by atoms with Gasteiger partial charge in [0.15, 0.2) is 0 Å². The lowest BCUT2D eigenvalue weighted by atomic mass is 10.1. The molecule has 2 aromatic heterocycles. The van der Waals surface area contributed by atoms with Crippen molar-refractivity contribution < 1.29 is 17.9 Å². The number of halogens is 2. The maximum atomic E-state index is 12.5. The Balaban J connectivity index is 0.000000948. The molecule has 4 rings (SSSR count). The molecule has 136 valence electrons. The highest BCUT2D eigenvalue weighted by atomic mass is 19.3. The molecule has 0 spiro atoms. The summed E-state index contributed by atoms with van der Waals surface area (Å²) >= 11 is 0. The van der Waals surface area contributed by atoms with Gasteiger partial charge < -0.3 is 9.15 Å². The predicted octanol–water partition coefficient (Wildman–Crippen LogP) is 4.56. The third-order valence-electron chi connectivity index (χ3n) is 3.79. The summed E-state index contributed by atoms with van der Waals surface area (Å²) < 4.78 is 35.7. The van der Waals surface area contributed by atoms with Crippen molar-refractivity contribution in [2.24, 2.45) is 0 Å². The van der Waals surface area contributed by atoms with Crippen molar-refractivity contribution in [3.63, 3.8) is 0 Å². The zero-order valence-electron chi connectivity index (χ0n) is 14.4. The number of nitrogens with zero attached hydrogens (tertiary/aromatic N) is 4. The molecule has 1 aromatic carbocycles. The molecule has 8 heteroatoms. The first-order valence-corrected chi connectivity index (χ1v) is 8.35. The first kappa shape index (κ1) is 17.9. The van der Waals surface area contributed by atoms with Gasteiger partial charge in [-0.3, -0.25) is 0 Å². The van der Waals surface area contributed by atoms with Gasteiger partial charge in [0.2, 0.25) is 0 Å². The van der Waals surface area contributed by atoms with Gasteiger partial charge in [0.1, 0.15) is 5.60 Å². The van der Waals surface area contributed by atoms with Gasteiger partial charge in [-0.1, -0.05) is 44.2 Å². The van der Waals surface area contributed by atoms with Crippen molar-refractivity contribution in [1.82, 2.24) is 20.2 Å². The molecule has 2 heterocycles. The highest BCUT2D eigenvalue weighted by Gasteiger charge is 2.47. The molecule has 0 radical (unpaired) electrons. The summed E-state index contributed by atoms with van der Waals surface area (Å²) in [6.07, 6.45) is 1.79. The van der Waals surface area contributed by atoms with Crippen LogP contribution in [0.2, 0.25) is 0 Å². The Morgan fingerprint density at radius 1 is 1.04 bits per heavy atom. The average Bonchev–Trinajstić information content (AvgIpc) is 3.29. The molecule has 3 aromatic rings. The maximum Gasteiger partial charge on any atom is 0.317 e. The molecule has 26 heavy (non-hydrogen) atoms. The summed E-state index contributed by atoms with van der Waals surface area (Å²) in [7, 11) is 0. The van der Waals surface area contributed by atoms with Gasteiger partial charge in [0, 0.05) is 12.4 Å². The van der Waals surface area contributed by atoms with Crippen LogP contribution >= 0.6 is 0 Å². The van der Waals surface area contributed by atoms with Gasteiger partial charge in [-0.05, 0) is 18.4 Å². The molecule has 0 atom stereocenters.